The first-order chi connectivity index (χ1) is 7.43. The van der Waals surface area contributed by atoms with E-state index in [2.05, 4.69) is 13.0 Å². The van der Waals surface area contributed by atoms with E-state index >= 15 is 0 Å². The van der Waals surface area contributed by atoms with E-state index in [-0.39, 0.29) is 0 Å². The second kappa shape index (κ2) is 8.34. The van der Waals surface area contributed by atoms with Crippen LogP contribution in [0.2, 0.25) is 0 Å². The van der Waals surface area contributed by atoms with Crippen LogP contribution in [-0.4, -0.2) is 6.61 Å². The first-order valence-corrected chi connectivity index (χ1v) is 5.82. The highest BCUT2D eigenvalue weighted by atomic mass is 16.5. The molecule has 1 aromatic rings. The summed E-state index contributed by atoms with van der Waals surface area (Å²) in [5, 5.41) is 0. The highest BCUT2D eigenvalue weighted by Crippen LogP contribution is 2.09. The van der Waals surface area contributed by atoms with Gasteiger partial charge >= 0.3 is 0 Å². The van der Waals surface area contributed by atoms with Crippen molar-refractivity contribution < 1.29 is 4.74 Å². The SMILES string of the molecule is [CH2]CCCCCCCOc1[c]cccc1. The number of rotatable bonds is 8. The Morgan fingerprint density at radius 3 is 2.60 bits per heavy atom. The average Bonchev–Trinajstić information content (AvgIpc) is 2.29. The summed E-state index contributed by atoms with van der Waals surface area (Å²) in [6.07, 6.45) is 7.33. The van der Waals surface area contributed by atoms with Gasteiger partial charge in [0.05, 0.1) is 6.61 Å². The van der Waals surface area contributed by atoms with E-state index in [4.69, 9.17) is 4.74 Å². The van der Waals surface area contributed by atoms with Gasteiger partial charge in [-0.15, -0.1) is 0 Å². The minimum Gasteiger partial charge on any atom is -0.493 e. The van der Waals surface area contributed by atoms with Crippen LogP contribution in [0.3, 0.4) is 0 Å². The molecule has 1 heteroatoms. The summed E-state index contributed by atoms with van der Waals surface area (Å²) in [5.41, 5.74) is 0. The summed E-state index contributed by atoms with van der Waals surface area (Å²) in [5.74, 6) is 0.857. The third kappa shape index (κ3) is 6.16. The molecular formula is C14H20O. The summed E-state index contributed by atoms with van der Waals surface area (Å²) < 4.78 is 5.54. The fourth-order valence-corrected chi connectivity index (χ4v) is 1.46. The third-order valence-corrected chi connectivity index (χ3v) is 2.33. The maximum absolute atomic E-state index is 5.54. The zero-order valence-electron chi connectivity index (χ0n) is 9.37. The van der Waals surface area contributed by atoms with E-state index in [1.807, 2.05) is 24.3 Å². The molecule has 0 fully saturated rings. The molecule has 1 nitrogen and oxygen atoms in total. The van der Waals surface area contributed by atoms with E-state index < -0.39 is 0 Å². The maximum atomic E-state index is 5.54. The van der Waals surface area contributed by atoms with Gasteiger partial charge in [-0.05, 0) is 12.5 Å². The monoisotopic (exact) mass is 204 g/mol. The van der Waals surface area contributed by atoms with Crippen molar-refractivity contribution in [3.05, 3.63) is 37.3 Å². The zero-order valence-corrected chi connectivity index (χ0v) is 9.37. The fourth-order valence-electron chi connectivity index (χ4n) is 1.46. The Morgan fingerprint density at radius 2 is 1.87 bits per heavy atom. The topological polar surface area (TPSA) is 9.23 Å². The number of hydrogen-bond acceptors (Lipinski definition) is 1. The zero-order chi connectivity index (χ0) is 10.8. The number of hydrogen-bond donors (Lipinski definition) is 0. The molecule has 0 unspecified atom stereocenters. The molecule has 0 heterocycles. The van der Waals surface area contributed by atoms with Gasteiger partial charge in [0.2, 0.25) is 0 Å². The predicted octanol–water partition coefficient (Wildman–Crippen LogP) is 4.04. The molecule has 0 saturated heterocycles. The van der Waals surface area contributed by atoms with Crippen LogP contribution in [-0.2, 0) is 0 Å². The number of benzene rings is 1. The smallest absolute Gasteiger partial charge is 0.127 e. The van der Waals surface area contributed by atoms with Crippen molar-refractivity contribution in [2.45, 2.75) is 38.5 Å². The van der Waals surface area contributed by atoms with Gasteiger partial charge < -0.3 is 4.74 Å². The van der Waals surface area contributed by atoms with Gasteiger partial charge in [-0.1, -0.05) is 57.2 Å². The first-order valence-electron chi connectivity index (χ1n) is 5.82. The van der Waals surface area contributed by atoms with Gasteiger partial charge in [-0.25, -0.2) is 0 Å². The highest BCUT2D eigenvalue weighted by Gasteiger charge is 1.92. The predicted molar refractivity (Wildman–Crippen MR) is 63.8 cm³/mol. The Kier molecular flexibility index (Phi) is 6.72. The lowest BCUT2D eigenvalue weighted by molar-refractivity contribution is 0.304. The molecule has 0 spiro atoms. The van der Waals surface area contributed by atoms with E-state index in [9.17, 15) is 0 Å². The number of para-hydroxylation sites is 1. The molecule has 0 amide bonds. The Morgan fingerprint density at radius 1 is 1.07 bits per heavy atom. The highest BCUT2D eigenvalue weighted by molar-refractivity contribution is 5.19. The lowest BCUT2D eigenvalue weighted by atomic mass is 10.1. The Labute approximate surface area is 93.5 Å². The molecule has 15 heavy (non-hydrogen) atoms. The van der Waals surface area contributed by atoms with Crippen molar-refractivity contribution in [3.8, 4) is 5.75 Å². The van der Waals surface area contributed by atoms with Crippen LogP contribution >= 0.6 is 0 Å². The van der Waals surface area contributed by atoms with Crippen molar-refractivity contribution in [1.82, 2.24) is 0 Å². The quantitative estimate of drug-likeness (QED) is 0.581. The van der Waals surface area contributed by atoms with Crippen LogP contribution in [0.5, 0.6) is 5.75 Å². The lowest BCUT2D eigenvalue weighted by Gasteiger charge is -2.04. The average molecular weight is 204 g/mol. The second-order valence-corrected chi connectivity index (χ2v) is 3.70. The number of unbranched alkanes of at least 4 members (excludes halogenated alkanes) is 5. The van der Waals surface area contributed by atoms with Crippen molar-refractivity contribution in [2.24, 2.45) is 0 Å². The molecule has 0 atom stereocenters. The van der Waals surface area contributed by atoms with Crippen LogP contribution in [0, 0.1) is 13.0 Å². The van der Waals surface area contributed by atoms with Crippen molar-refractivity contribution in [1.29, 1.82) is 0 Å². The van der Waals surface area contributed by atoms with Crippen molar-refractivity contribution in [3.63, 3.8) is 0 Å². The summed E-state index contributed by atoms with van der Waals surface area (Å²) in [4.78, 5) is 0. The number of ether oxygens (including phenoxy) is 1. The lowest BCUT2D eigenvalue weighted by Crippen LogP contribution is -1.96. The standard InChI is InChI=1S/C14H20O/c1-2-3-4-5-6-10-13-15-14-11-8-7-9-12-14/h7-9,11H,1-6,10,13H2. The molecule has 0 saturated carbocycles. The van der Waals surface area contributed by atoms with Crippen LogP contribution in [0.25, 0.3) is 0 Å². The van der Waals surface area contributed by atoms with E-state index in [0.29, 0.717) is 0 Å². The first kappa shape index (κ1) is 12.1. The third-order valence-electron chi connectivity index (χ3n) is 2.33. The molecule has 0 N–H and O–H groups in total. The summed E-state index contributed by atoms with van der Waals surface area (Å²) in [6.45, 7) is 4.64. The Hall–Kier alpha value is -0.980. The van der Waals surface area contributed by atoms with Crippen LogP contribution in [0.4, 0.5) is 0 Å². The van der Waals surface area contributed by atoms with Crippen molar-refractivity contribution in [2.75, 3.05) is 6.61 Å². The molecular weight excluding hydrogens is 184 g/mol. The molecule has 2 radical (unpaired) electrons. The van der Waals surface area contributed by atoms with Gasteiger partial charge in [0.25, 0.3) is 0 Å². The molecule has 1 rings (SSSR count). The maximum Gasteiger partial charge on any atom is 0.127 e. The molecule has 82 valence electrons. The summed E-state index contributed by atoms with van der Waals surface area (Å²) in [6, 6.07) is 10.8. The van der Waals surface area contributed by atoms with Gasteiger partial charge in [0, 0.05) is 6.07 Å². The van der Waals surface area contributed by atoms with E-state index in [1.54, 1.807) is 0 Å². The minimum atomic E-state index is 0.810. The molecule has 0 aliphatic heterocycles. The van der Waals surface area contributed by atoms with Crippen LogP contribution < -0.4 is 4.74 Å². The van der Waals surface area contributed by atoms with Gasteiger partial charge in [-0.2, -0.15) is 0 Å². The second-order valence-electron chi connectivity index (χ2n) is 3.70. The molecule has 0 aromatic heterocycles. The fraction of sp³-hybridized carbons (Fsp3) is 0.500. The largest absolute Gasteiger partial charge is 0.493 e. The molecule has 0 bridgehead atoms. The van der Waals surface area contributed by atoms with Gasteiger partial charge in [0.1, 0.15) is 5.75 Å². The normalized spacial score (nSPS) is 10.2. The van der Waals surface area contributed by atoms with Gasteiger partial charge in [-0.3, -0.25) is 0 Å². The Balaban J connectivity index is 1.93. The van der Waals surface area contributed by atoms with Crippen LogP contribution in [0.15, 0.2) is 24.3 Å². The van der Waals surface area contributed by atoms with Gasteiger partial charge in [0.15, 0.2) is 0 Å². The minimum absolute atomic E-state index is 0.810. The molecule has 1 aromatic carbocycles. The summed E-state index contributed by atoms with van der Waals surface area (Å²) in [7, 11) is 0. The molecule has 0 aliphatic rings. The van der Waals surface area contributed by atoms with Crippen LogP contribution in [0.1, 0.15) is 38.5 Å². The van der Waals surface area contributed by atoms with E-state index in [1.165, 1.54) is 25.7 Å². The van der Waals surface area contributed by atoms with E-state index in [0.717, 1.165) is 25.2 Å². The van der Waals surface area contributed by atoms with Crippen molar-refractivity contribution >= 4 is 0 Å². The summed E-state index contributed by atoms with van der Waals surface area (Å²) >= 11 is 0. The molecule has 0 aliphatic carbocycles. The Bertz CT molecular complexity index is 230.